The van der Waals surface area contributed by atoms with Crippen molar-refractivity contribution in [1.29, 1.82) is 0 Å². The minimum atomic E-state index is -0.475. The number of para-hydroxylation sites is 1. The largest absolute Gasteiger partial charge is 0.481 e. The maximum Gasteiger partial charge on any atom is 0.258 e. The van der Waals surface area contributed by atoms with Crippen molar-refractivity contribution in [1.82, 2.24) is 15.1 Å². The van der Waals surface area contributed by atoms with E-state index in [1.165, 1.54) is 30.7 Å². The number of nitrogens with one attached hydrogen (secondary N) is 1. The van der Waals surface area contributed by atoms with Gasteiger partial charge in [0.25, 0.3) is 5.91 Å². The first-order valence-electron chi connectivity index (χ1n) is 8.95. The lowest BCUT2D eigenvalue weighted by Gasteiger charge is -2.09. The molecular formula is C20H20FN3O2S. The van der Waals surface area contributed by atoms with Gasteiger partial charge in [0.1, 0.15) is 0 Å². The molecule has 5 nitrogen and oxygen atoms in total. The third kappa shape index (κ3) is 4.36. The van der Waals surface area contributed by atoms with Crippen LogP contribution in [0.15, 0.2) is 47.2 Å². The van der Waals surface area contributed by atoms with Crippen molar-refractivity contribution in [2.45, 2.75) is 25.3 Å². The average Bonchev–Trinajstić information content (AvgIpc) is 3.19. The highest BCUT2D eigenvalue weighted by molar-refractivity contribution is 7.08. The van der Waals surface area contributed by atoms with E-state index in [9.17, 15) is 9.18 Å². The van der Waals surface area contributed by atoms with Crippen molar-refractivity contribution in [3.8, 4) is 17.0 Å². The second-order valence-electron chi connectivity index (χ2n) is 6.53. The molecule has 0 bridgehead atoms. The summed E-state index contributed by atoms with van der Waals surface area (Å²) in [5, 5.41) is 11.6. The molecule has 0 radical (unpaired) electrons. The summed E-state index contributed by atoms with van der Waals surface area (Å²) in [6.45, 7) is 0.834. The Morgan fingerprint density at radius 2 is 2.19 bits per heavy atom. The Kier molecular flexibility index (Phi) is 5.20. The average molecular weight is 385 g/mol. The highest BCUT2D eigenvalue weighted by atomic mass is 32.1. The molecule has 1 saturated carbocycles. The van der Waals surface area contributed by atoms with Gasteiger partial charge in [-0.2, -0.15) is 16.4 Å². The normalized spacial score (nSPS) is 13.5. The smallest absolute Gasteiger partial charge is 0.258 e. The van der Waals surface area contributed by atoms with Crippen LogP contribution < -0.4 is 10.1 Å². The first-order chi connectivity index (χ1) is 13.2. The lowest BCUT2D eigenvalue weighted by atomic mass is 10.2. The zero-order chi connectivity index (χ0) is 18.6. The molecule has 1 fully saturated rings. The summed E-state index contributed by atoms with van der Waals surface area (Å²) in [5.74, 6) is -0.102. The van der Waals surface area contributed by atoms with Crippen molar-refractivity contribution >= 4 is 17.2 Å². The molecule has 0 aliphatic heterocycles. The lowest BCUT2D eigenvalue weighted by molar-refractivity contribution is -0.123. The molecule has 1 aliphatic carbocycles. The van der Waals surface area contributed by atoms with Gasteiger partial charge in [-0.3, -0.25) is 9.48 Å². The van der Waals surface area contributed by atoms with Gasteiger partial charge in [-0.25, -0.2) is 4.39 Å². The summed E-state index contributed by atoms with van der Waals surface area (Å²) in [6, 6.07) is 10.3. The number of nitrogens with zero attached hydrogens (tertiary/aromatic N) is 2. The third-order valence-corrected chi connectivity index (χ3v) is 5.15. The number of carbonyl (C=O) groups excluding carboxylic acids is 1. The molecule has 2 aromatic heterocycles. The van der Waals surface area contributed by atoms with Gasteiger partial charge in [-0.15, -0.1) is 0 Å². The highest BCUT2D eigenvalue weighted by Gasteiger charge is 2.28. The van der Waals surface area contributed by atoms with Gasteiger partial charge in [0.05, 0.1) is 12.2 Å². The van der Waals surface area contributed by atoms with Crippen molar-refractivity contribution in [3.63, 3.8) is 0 Å². The molecule has 7 heteroatoms. The fourth-order valence-corrected chi connectivity index (χ4v) is 3.58. The number of thiophene rings is 1. The maximum absolute atomic E-state index is 13.5. The molecule has 1 aromatic carbocycles. The minimum Gasteiger partial charge on any atom is -0.481 e. The second kappa shape index (κ2) is 7.92. The molecule has 1 aliphatic rings. The van der Waals surface area contributed by atoms with Crippen molar-refractivity contribution in [2.75, 3.05) is 13.2 Å². The van der Waals surface area contributed by atoms with E-state index >= 15 is 0 Å². The molecule has 0 saturated heterocycles. The van der Waals surface area contributed by atoms with Gasteiger partial charge in [0.2, 0.25) is 0 Å². The predicted molar refractivity (Wildman–Crippen MR) is 102 cm³/mol. The van der Waals surface area contributed by atoms with Gasteiger partial charge in [-0.1, -0.05) is 12.1 Å². The summed E-state index contributed by atoms with van der Waals surface area (Å²) < 4.78 is 20.7. The standard InChI is InChI=1S/C20H20FN3O2S/c21-16-3-1-2-4-19(16)26-12-20(25)22-8-9-24-18(14-5-6-14)11-17(23-24)15-7-10-27-13-15/h1-4,7,10-11,13-14H,5-6,8-9,12H2,(H,22,25). The summed E-state index contributed by atoms with van der Waals surface area (Å²) in [5.41, 5.74) is 3.34. The molecule has 0 spiro atoms. The van der Waals surface area contributed by atoms with Crippen LogP contribution in [0.4, 0.5) is 4.39 Å². The van der Waals surface area contributed by atoms with E-state index in [0.717, 1.165) is 11.3 Å². The van der Waals surface area contributed by atoms with Gasteiger partial charge >= 0.3 is 0 Å². The molecule has 0 unspecified atom stereocenters. The summed E-state index contributed by atoms with van der Waals surface area (Å²) in [4.78, 5) is 12.0. The fourth-order valence-electron chi connectivity index (χ4n) is 2.93. The molecule has 4 rings (SSSR count). The summed E-state index contributed by atoms with van der Waals surface area (Å²) >= 11 is 1.65. The molecule has 140 valence electrons. The van der Waals surface area contributed by atoms with Crippen molar-refractivity contribution < 1.29 is 13.9 Å². The number of benzene rings is 1. The van der Waals surface area contributed by atoms with E-state index in [4.69, 9.17) is 9.84 Å². The van der Waals surface area contributed by atoms with E-state index in [-0.39, 0.29) is 18.3 Å². The quantitative estimate of drug-likeness (QED) is 0.641. The molecule has 3 aromatic rings. The SMILES string of the molecule is O=C(COc1ccccc1F)NCCn1nc(-c2ccsc2)cc1C1CC1. The topological polar surface area (TPSA) is 56.1 Å². The van der Waals surface area contributed by atoms with Crippen LogP contribution in [0.3, 0.4) is 0 Å². The Labute approximate surface area is 160 Å². The Morgan fingerprint density at radius 3 is 2.93 bits per heavy atom. The van der Waals surface area contributed by atoms with E-state index in [1.807, 2.05) is 10.1 Å². The van der Waals surface area contributed by atoms with Crippen LogP contribution in [0.5, 0.6) is 5.75 Å². The van der Waals surface area contributed by atoms with Crippen molar-refractivity contribution in [3.05, 3.63) is 58.7 Å². The number of aromatic nitrogens is 2. The molecular weight excluding hydrogens is 365 g/mol. The number of halogens is 1. The Balaban J connectivity index is 1.31. The van der Waals surface area contributed by atoms with Crippen LogP contribution in [-0.4, -0.2) is 28.8 Å². The first-order valence-corrected chi connectivity index (χ1v) is 9.89. The summed E-state index contributed by atoms with van der Waals surface area (Å²) in [6.07, 6.45) is 2.38. The Morgan fingerprint density at radius 1 is 1.33 bits per heavy atom. The van der Waals surface area contributed by atoms with Gasteiger partial charge in [-0.05, 0) is 42.5 Å². The van der Waals surface area contributed by atoms with Crippen LogP contribution in [-0.2, 0) is 11.3 Å². The Hall–Kier alpha value is -2.67. The third-order valence-electron chi connectivity index (χ3n) is 4.46. The number of carbonyl (C=O) groups is 1. The molecule has 0 atom stereocenters. The molecule has 2 heterocycles. The lowest BCUT2D eigenvalue weighted by Crippen LogP contribution is -2.32. The number of rotatable bonds is 8. The van der Waals surface area contributed by atoms with E-state index in [2.05, 4.69) is 22.8 Å². The minimum absolute atomic E-state index is 0.0798. The van der Waals surface area contributed by atoms with E-state index in [1.54, 1.807) is 23.5 Å². The first kappa shape index (κ1) is 17.7. The second-order valence-corrected chi connectivity index (χ2v) is 7.31. The van der Waals surface area contributed by atoms with E-state index in [0.29, 0.717) is 19.0 Å². The van der Waals surface area contributed by atoms with Crippen LogP contribution in [0.25, 0.3) is 11.3 Å². The number of amides is 1. The van der Waals surface area contributed by atoms with E-state index < -0.39 is 5.82 Å². The van der Waals surface area contributed by atoms with Gasteiger partial charge in [0, 0.05) is 29.1 Å². The van der Waals surface area contributed by atoms with Crippen molar-refractivity contribution in [2.24, 2.45) is 0 Å². The van der Waals surface area contributed by atoms with Crippen LogP contribution in [0.2, 0.25) is 0 Å². The number of hydrogen-bond donors (Lipinski definition) is 1. The van der Waals surface area contributed by atoms with Crippen LogP contribution >= 0.6 is 11.3 Å². The number of hydrogen-bond acceptors (Lipinski definition) is 4. The van der Waals surface area contributed by atoms with Crippen LogP contribution in [0.1, 0.15) is 24.5 Å². The monoisotopic (exact) mass is 385 g/mol. The zero-order valence-electron chi connectivity index (χ0n) is 14.7. The highest BCUT2D eigenvalue weighted by Crippen LogP contribution is 2.41. The van der Waals surface area contributed by atoms with Gasteiger partial charge in [0.15, 0.2) is 18.2 Å². The maximum atomic E-state index is 13.5. The Bertz CT molecular complexity index is 919. The summed E-state index contributed by atoms with van der Waals surface area (Å²) in [7, 11) is 0. The van der Waals surface area contributed by atoms with Gasteiger partial charge < -0.3 is 10.1 Å². The fraction of sp³-hybridized carbons (Fsp3) is 0.300. The van der Waals surface area contributed by atoms with Crippen LogP contribution in [0, 0.1) is 5.82 Å². The molecule has 27 heavy (non-hydrogen) atoms. The molecule has 1 N–H and O–H groups in total. The zero-order valence-corrected chi connectivity index (χ0v) is 15.5. The predicted octanol–water partition coefficient (Wildman–Crippen LogP) is 3.82. The number of ether oxygens (including phenoxy) is 1. The molecule has 1 amide bonds.